The Bertz CT molecular complexity index is 956. The van der Waals surface area contributed by atoms with Crippen molar-refractivity contribution in [1.82, 2.24) is 10.2 Å². The van der Waals surface area contributed by atoms with Crippen LogP contribution < -0.4 is 4.72 Å². The van der Waals surface area contributed by atoms with E-state index in [0.717, 1.165) is 11.3 Å². The number of rotatable bonds is 4. The van der Waals surface area contributed by atoms with Crippen molar-refractivity contribution in [2.75, 3.05) is 4.72 Å². The van der Waals surface area contributed by atoms with Gasteiger partial charge in [-0.2, -0.15) is 10.4 Å². The minimum absolute atomic E-state index is 0.0415. The minimum atomic E-state index is -3.82. The molecule has 0 unspecified atom stereocenters. The second-order valence-corrected chi connectivity index (χ2v) is 6.41. The summed E-state index contributed by atoms with van der Waals surface area (Å²) in [5, 5.41) is 15.7. The zero-order valence-electron chi connectivity index (χ0n) is 11.9. The number of aromatic nitrogens is 2. The second-order valence-electron chi connectivity index (χ2n) is 4.76. The molecule has 3 aromatic rings. The Morgan fingerprint density at radius 2 is 1.78 bits per heavy atom. The molecule has 1 aromatic heterocycles. The fourth-order valence-corrected chi connectivity index (χ4v) is 3.36. The number of hydrogen-bond donors (Lipinski definition) is 2. The first-order valence-electron chi connectivity index (χ1n) is 6.72. The number of aromatic amines is 1. The summed E-state index contributed by atoms with van der Waals surface area (Å²) in [5.41, 5.74) is 2.26. The van der Waals surface area contributed by atoms with E-state index in [1.807, 2.05) is 12.1 Å². The quantitative estimate of drug-likeness (QED) is 0.771. The first-order chi connectivity index (χ1) is 11.1. The average Bonchev–Trinajstić information content (AvgIpc) is 3.09. The number of nitriles is 1. The molecule has 3 rings (SSSR count). The van der Waals surface area contributed by atoms with Gasteiger partial charge in [0.05, 0.1) is 11.3 Å². The normalized spacial score (nSPS) is 10.9. The van der Waals surface area contributed by atoms with E-state index in [1.165, 1.54) is 12.1 Å². The highest BCUT2D eigenvalue weighted by molar-refractivity contribution is 7.92. The van der Waals surface area contributed by atoms with Crippen molar-refractivity contribution >= 4 is 15.7 Å². The Labute approximate surface area is 133 Å². The van der Waals surface area contributed by atoms with Gasteiger partial charge in [0.2, 0.25) is 0 Å². The van der Waals surface area contributed by atoms with Gasteiger partial charge in [0.25, 0.3) is 10.0 Å². The maximum atomic E-state index is 12.4. The molecule has 114 valence electrons. The molecule has 1 heterocycles. The van der Waals surface area contributed by atoms with Crippen molar-refractivity contribution in [3.8, 4) is 17.3 Å². The van der Waals surface area contributed by atoms with E-state index in [9.17, 15) is 8.42 Å². The summed E-state index contributed by atoms with van der Waals surface area (Å²) in [6.45, 7) is 0. The summed E-state index contributed by atoms with van der Waals surface area (Å²) in [6, 6.07) is 16.6. The molecule has 0 amide bonds. The molecule has 0 saturated carbocycles. The number of benzene rings is 2. The summed E-state index contributed by atoms with van der Waals surface area (Å²) < 4.78 is 27.3. The fourth-order valence-electron chi connectivity index (χ4n) is 2.14. The molecule has 0 atom stereocenters. The van der Waals surface area contributed by atoms with Gasteiger partial charge in [-0.1, -0.05) is 24.3 Å². The third-order valence-electron chi connectivity index (χ3n) is 3.25. The van der Waals surface area contributed by atoms with Crippen LogP contribution in [0.3, 0.4) is 0 Å². The lowest BCUT2D eigenvalue weighted by molar-refractivity contribution is 0.601. The molecule has 2 N–H and O–H groups in total. The second kappa shape index (κ2) is 5.94. The van der Waals surface area contributed by atoms with Crippen molar-refractivity contribution in [3.05, 3.63) is 66.4 Å². The summed E-state index contributed by atoms with van der Waals surface area (Å²) >= 11 is 0. The van der Waals surface area contributed by atoms with Gasteiger partial charge in [0.15, 0.2) is 0 Å². The smallest absolute Gasteiger partial charge is 0.263 e. The van der Waals surface area contributed by atoms with Gasteiger partial charge in [0, 0.05) is 11.9 Å². The molecule has 0 spiro atoms. The summed E-state index contributed by atoms with van der Waals surface area (Å²) in [6.07, 6.45) is 1.64. The average molecular weight is 324 g/mol. The number of H-pyrrole nitrogens is 1. The summed E-state index contributed by atoms with van der Waals surface area (Å²) in [7, 11) is -3.82. The van der Waals surface area contributed by atoms with Crippen LogP contribution in [-0.4, -0.2) is 18.6 Å². The molecule has 0 aliphatic heterocycles. The van der Waals surface area contributed by atoms with Gasteiger partial charge >= 0.3 is 0 Å². The maximum absolute atomic E-state index is 12.4. The third kappa shape index (κ3) is 3.07. The number of nitrogens with zero attached hydrogens (tertiary/aromatic N) is 2. The van der Waals surface area contributed by atoms with E-state index in [0.29, 0.717) is 5.69 Å². The van der Waals surface area contributed by atoms with E-state index in [1.54, 1.807) is 42.6 Å². The van der Waals surface area contributed by atoms with Crippen LogP contribution in [-0.2, 0) is 10.0 Å². The molecule has 7 heteroatoms. The SMILES string of the molecule is N#Cc1ccccc1S(=O)(=O)Nc1ccc(-c2ccn[nH]2)cc1. The number of sulfonamides is 1. The van der Waals surface area contributed by atoms with Gasteiger partial charge in [-0.25, -0.2) is 8.42 Å². The number of hydrogen-bond acceptors (Lipinski definition) is 4. The van der Waals surface area contributed by atoms with Gasteiger partial charge in [-0.15, -0.1) is 0 Å². The van der Waals surface area contributed by atoms with Gasteiger partial charge in [-0.05, 0) is 35.9 Å². The van der Waals surface area contributed by atoms with Gasteiger partial charge in [0.1, 0.15) is 11.0 Å². The van der Waals surface area contributed by atoms with Crippen molar-refractivity contribution in [1.29, 1.82) is 5.26 Å². The molecular weight excluding hydrogens is 312 g/mol. The Kier molecular flexibility index (Phi) is 3.83. The van der Waals surface area contributed by atoms with Gasteiger partial charge in [-0.3, -0.25) is 9.82 Å². The Morgan fingerprint density at radius 3 is 2.43 bits per heavy atom. The van der Waals surface area contributed by atoms with E-state index in [2.05, 4.69) is 14.9 Å². The van der Waals surface area contributed by atoms with Crippen LogP contribution in [0.15, 0.2) is 65.7 Å². The molecule has 0 saturated heterocycles. The van der Waals surface area contributed by atoms with Crippen molar-refractivity contribution in [3.63, 3.8) is 0 Å². The third-order valence-corrected chi connectivity index (χ3v) is 4.69. The molecule has 0 aliphatic carbocycles. The van der Waals surface area contributed by atoms with Crippen LogP contribution in [0.1, 0.15) is 5.56 Å². The first-order valence-corrected chi connectivity index (χ1v) is 8.20. The lowest BCUT2D eigenvalue weighted by Gasteiger charge is -2.09. The van der Waals surface area contributed by atoms with Crippen LogP contribution in [0.25, 0.3) is 11.3 Å². The van der Waals surface area contributed by atoms with Crippen LogP contribution in [0.4, 0.5) is 5.69 Å². The van der Waals surface area contributed by atoms with E-state index in [-0.39, 0.29) is 10.5 Å². The van der Waals surface area contributed by atoms with Crippen molar-refractivity contribution in [2.45, 2.75) is 4.90 Å². The van der Waals surface area contributed by atoms with E-state index < -0.39 is 10.0 Å². The lowest BCUT2D eigenvalue weighted by Crippen LogP contribution is -2.14. The minimum Gasteiger partial charge on any atom is -0.280 e. The molecule has 0 fully saturated rings. The lowest BCUT2D eigenvalue weighted by atomic mass is 10.1. The summed E-state index contributed by atoms with van der Waals surface area (Å²) in [5.74, 6) is 0. The molecular formula is C16H12N4O2S. The molecule has 6 nitrogen and oxygen atoms in total. The molecule has 23 heavy (non-hydrogen) atoms. The Morgan fingerprint density at radius 1 is 1.04 bits per heavy atom. The van der Waals surface area contributed by atoms with Gasteiger partial charge < -0.3 is 0 Å². The van der Waals surface area contributed by atoms with Crippen molar-refractivity contribution < 1.29 is 8.42 Å². The van der Waals surface area contributed by atoms with Crippen LogP contribution in [0, 0.1) is 11.3 Å². The largest absolute Gasteiger partial charge is 0.280 e. The fraction of sp³-hybridized carbons (Fsp3) is 0. The highest BCUT2D eigenvalue weighted by Crippen LogP contribution is 2.22. The maximum Gasteiger partial charge on any atom is 0.263 e. The monoisotopic (exact) mass is 324 g/mol. The molecule has 2 aromatic carbocycles. The molecule has 0 bridgehead atoms. The van der Waals surface area contributed by atoms with Crippen molar-refractivity contribution in [2.24, 2.45) is 0 Å². The Hall–Kier alpha value is -3.11. The highest BCUT2D eigenvalue weighted by atomic mass is 32.2. The zero-order chi connectivity index (χ0) is 16.3. The molecule has 0 radical (unpaired) electrons. The number of anilines is 1. The van der Waals surface area contributed by atoms with Crippen LogP contribution in [0.5, 0.6) is 0 Å². The Balaban J connectivity index is 1.88. The summed E-state index contributed by atoms with van der Waals surface area (Å²) in [4.78, 5) is -0.0415. The predicted octanol–water partition coefficient (Wildman–Crippen LogP) is 2.75. The highest BCUT2D eigenvalue weighted by Gasteiger charge is 2.18. The zero-order valence-corrected chi connectivity index (χ0v) is 12.7. The first kappa shape index (κ1) is 14.8. The van der Waals surface area contributed by atoms with E-state index >= 15 is 0 Å². The van der Waals surface area contributed by atoms with Crippen LogP contribution >= 0.6 is 0 Å². The predicted molar refractivity (Wildman–Crippen MR) is 86.0 cm³/mol. The standard InChI is InChI=1S/C16H12N4O2S/c17-11-13-3-1-2-4-16(13)23(21,22)20-14-7-5-12(6-8-14)15-9-10-18-19-15/h1-10,20H,(H,18,19). The molecule has 0 aliphatic rings. The number of nitrogens with one attached hydrogen (secondary N) is 2. The topological polar surface area (TPSA) is 98.6 Å². The van der Waals surface area contributed by atoms with E-state index in [4.69, 9.17) is 5.26 Å². The van der Waals surface area contributed by atoms with Crippen LogP contribution in [0.2, 0.25) is 0 Å².